The van der Waals surface area contributed by atoms with Crippen molar-refractivity contribution < 1.29 is 4.74 Å². The minimum atomic E-state index is 0.636. The van der Waals surface area contributed by atoms with E-state index in [4.69, 9.17) is 4.74 Å². The molecule has 0 aliphatic carbocycles. The van der Waals surface area contributed by atoms with Gasteiger partial charge in [0.25, 0.3) is 0 Å². The zero-order valence-electron chi connectivity index (χ0n) is 15.0. The number of rotatable bonds is 5. The Balaban J connectivity index is 1.51. The summed E-state index contributed by atoms with van der Waals surface area (Å²) in [6.45, 7) is 2.82. The second-order valence-corrected chi connectivity index (χ2v) is 6.40. The van der Waals surface area contributed by atoms with Gasteiger partial charge in [0, 0.05) is 38.9 Å². The molecule has 0 saturated carbocycles. The molecule has 132 valence electrons. The third-order valence-corrected chi connectivity index (χ3v) is 4.62. The van der Waals surface area contributed by atoms with Gasteiger partial charge in [-0.3, -0.25) is 4.99 Å². The standard InChI is InChI=1S/C20H26N4O/c1-21-20(23-14-18-8-9-19(25-2)22-13-18)24-11-10-17(15-24)12-16-6-4-3-5-7-16/h3-9,13,17H,10-12,14-15H2,1-2H3,(H,21,23). The quantitative estimate of drug-likeness (QED) is 0.673. The average Bonchev–Trinajstić information content (AvgIpc) is 3.12. The Morgan fingerprint density at radius 2 is 2.08 bits per heavy atom. The van der Waals surface area contributed by atoms with Crippen LogP contribution in [0.15, 0.2) is 53.7 Å². The zero-order valence-corrected chi connectivity index (χ0v) is 15.0. The van der Waals surface area contributed by atoms with E-state index in [1.54, 1.807) is 7.11 Å². The summed E-state index contributed by atoms with van der Waals surface area (Å²) in [5.74, 6) is 2.28. The molecule has 1 saturated heterocycles. The van der Waals surface area contributed by atoms with Crippen LogP contribution in [0.4, 0.5) is 0 Å². The molecule has 5 nitrogen and oxygen atoms in total. The van der Waals surface area contributed by atoms with Crippen LogP contribution in [0.1, 0.15) is 17.5 Å². The second kappa shape index (κ2) is 8.51. The number of hydrogen-bond donors (Lipinski definition) is 1. The van der Waals surface area contributed by atoms with Crippen LogP contribution in [-0.4, -0.2) is 43.1 Å². The first-order chi connectivity index (χ1) is 12.3. The van der Waals surface area contributed by atoms with Crippen LogP contribution in [-0.2, 0) is 13.0 Å². The molecule has 1 aliphatic rings. The summed E-state index contributed by atoms with van der Waals surface area (Å²) in [6, 6.07) is 14.6. The smallest absolute Gasteiger partial charge is 0.212 e. The first-order valence-electron chi connectivity index (χ1n) is 8.77. The number of methoxy groups -OCH3 is 1. The summed E-state index contributed by atoms with van der Waals surface area (Å²) in [6.07, 6.45) is 4.18. The van der Waals surface area contributed by atoms with Crippen molar-refractivity contribution in [2.45, 2.75) is 19.4 Å². The van der Waals surface area contributed by atoms with Gasteiger partial charge in [0.2, 0.25) is 5.88 Å². The molecule has 1 aromatic carbocycles. The molecule has 0 radical (unpaired) electrons. The molecule has 1 fully saturated rings. The van der Waals surface area contributed by atoms with Crippen molar-refractivity contribution in [1.29, 1.82) is 0 Å². The Morgan fingerprint density at radius 1 is 1.24 bits per heavy atom. The SMILES string of the molecule is CN=C(NCc1ccc(OC)nc1)N1CCC(Cc2ccccc2)C1. The number of nitrogens with one attached hydrogen (secondary N) is 1. The normalized spacial score (nSPS) is 17.6. The lowest BCUT2D eigenvalue weighted by Gasteiger charge is -2.21. The van der Waals surface area contributed by atoms with Gasteiger partial charge in [-0.2, -0.15) is 0 Å². The van der Waals surface area contributed by atoms with Crippen molar-refractivity contribution in [1.82, 2.24) is 15.2 Å². The van der Waals surface area contributed by atoms with Gasteiger partial charge < -0.3 is 15.0 Å². The number of aliphatic imine (C=N–C) groups is 1. The van der Waals surface area contributed by atoms with Crippen molar-refractivity contribution >= 4 is 5.96 Å². The van der Waals surface area contributed by atoms with Gasteiger partial charge >= 0.3 is 0 Å². The molecule has 5 heteroatoms. The molecule has 0 spiro atoms. The van der Waals surface area contributed by atoms with E-state index < -0.39 is 0 Å². The number of guanidine groups is 1. The molecule has 1 aliphatic heterocycles. The summed E-state index contributed by atoms with van der Waals surface area (Å²) in [7, 11) is 3.47. The minimum absolute atomic E-state index is 0.636. The number of aromatic nitrogens is 1. The molecule has 1 aromatic heterocycles. The molecule has 3 rings (SSSR count). The molecule has 0 bridgehead atoms. The highest BCUT2D eigenvalue weighted by Crippen LogP contribution is 2.21. The van der Waals surface area contributed by atoms with E-state index in [0.717, 1.165) is 31.0 Å². The number of pyridine rings is 1. The number of likely N-dealkylation sites (tertiary alicyclic amines) is 1. The van der Waals surface area contributed by atoms with Gasteiger partial charge in [0.05, 0.1) is 7.11 Å². The van der Waals surface area contributed by atoms with E-state index in [1.165, 1.54) is 12.0 Å². The topological polar surface area (TPSA) is 49.8 Å². The largest absolute Gasteiger partial charge is 0.481 e. The number of ether oxygens (including phenoxy) is 1. The van der Waals surface area contributed by atoms with Crippen LogP contribution in [0, 0.1) is 5.92 Å². The second-order valence-electron chi connectivity index (χ2n) is 6.40. The van der Waals surface area contributed by atoms with E-state index >= 15 is 0 Å². The monoisotopic (exact) mass is 338 g/mol. The lowest BCUT2D eigenvalue weighted by Crippen LogP contribution is -2.39. The molecule has 0 amide bonds. The maximum atomic E-state index is 5.09. The van der Waals surface area contributed by atoms with Crippen molar-refractivity contribution in [3.05, 3.63) is 59.8 Å². The summed E-state index contributed by atoms with van der Waals surface area (Å²) in [5, 5.41) is 3.44. The maximum absolute atomic E-state index is 5.09. The first kappa shape index (κ1) is 17.3. The molecule has 1 atom stereocenters. The molecule has 1 N–H and O–H groups in total. The summed E-state index contributed by atoms with van der Waals surface area (Å²) < 4.78 is 5.09. The van der Waals surface area contributed by atoms with Gasteiger partial charge in [-0.25, -0.2) is 4.98 Å². The maximum Gasteiger partial charge on any atom is 0.212 e. The van der Waals surface area contributed by atoms with Crippen LogP contribution in [0.25, 0.3) is 0 Å². The lowest BCUT2D eigenvalue weighted by atomic mass is 9.99. The van der Waals surface area contributed by atoms with Crippen LogP contribution in [0.5, 0.6) is 5.88 Å². The van der Waals surface area contributed by atoms with Gasteiger partial charge in [-0.15, -0.1) is 0 Å². The summed E-state index contributed by atoms with van der Waals surface area (Å²) in [5.41, 5.74) is 2.53. The van der Waals surface area contributed by atoms with E-state index in [0.29, 0.717) is 18.3 Å². The van der Waals surface area contributed by atoms with Crippen molar-refractivity contribution in [2.24, 2.45) is 10.9 Å². The predicted octanol–water partition coefficient (Wildman–Crippen LogP) is 2.73. The van der Waals surface area contributed by atoms with E-state index in [9.17, 15) is 0 Å². The van der Waals surface area contributed by atoms with Crippen molar-refractivity contribution in [3.8, 4) is 5.88 Å². The molecule has 1 unspecified atom stereocenters. The first-order valence-corrected chi connectivity index (χ1v) is 8.77. The third-order valence-electron chi connectivity index (χ3n) is 4.62. The number of nitrogens with zero attached hydrogens (tertiary/aromatic N) is 3. The number of benzene rings is 1. The van der Waals surface area contributed by atoms with Gasteiger partial charge in [0.1, 0.15) is 0 Å². The highest BCUT2D eigenvalue weighted by Gasteiger charge is 2.24. The van der Waals surface area contributed by atoms with Crippen LogP contribution in [0.2, 0.25) is 0 Å². The molecular formula is C20H26N4O. The molecular weight excluding hydrogens is 312 g/mol. The van der Waals surface area contributed by atoms with Crippen molar-refractivity contribution in [3.63, 3.8) is 0 Å². The molecule has 2 heterocycles. The fraction of sp³-hybridized carbons (Fsp3) is 0.400. The minimum Gasteiger partial charge on any atom is -0.481 e. The van der Waals surface area contributed by atoms with Gasteiger partial charge in [-0.05, 0) is 29.9 Å². The molecule has 25 heavy (non-hydrogen) atoms. The van der Waals surface area contributed by atoms with E-state index in [1.807, 2.05) is 25.4 Å². The Morgan fingerprint density at radius 3 is 2.76 bits per heavy atom. The van der Waals surface area contributed by atoms with Crippen LogP contribution >= 0.6 is 0 Å². The van der Waals surface area contributed by atoms with Crippen LogP contribution in [0.3, 0.4) is 0 Å². The summed E-state index contributed by atoms with van der Waals surface area (Å²) in [4.78, 5) is 11.0. The molecule has 2 aromatic rings. The van der Waals surface area contributed by atoms with E-state index in [-0.39, 0.29) is 0 Å². The Hall–Kier alpha value is -2.56. The van der Waals surface area contributed by atoms with Gasteiger partial charge in [0.15, 0.2) is 5.96 Å². The number of hydrogen-bond acceptors (Lipinski definition) is 3. The predicted molar refractivity (Wildman–Crippen MR) is 101 cm³/mol. The van der Waals surface area contributed by atoms with Crippen molar-refractivity contribution in [2.75, 3.05) is 27.2 Å². The van der Waals surface area contributed by atoms with E-state index in [2.05, 4.69) is 50.5 Å². The Kier molecular flexibility index (Phi) is 5.88. The summed E-state index contributed by atoms with van der Waals surface area (Å²) >= 11 is 0. The Labute approximate surface area is 149 Å². The van der Waals surface area contributed by atoms with Crippen LogP contribution < -0.4 is 10.1 Å². The van der Waals surface area contributed by atoms with Gasteiger partial charge in [-0.1, -0.05) is 36.4 Å². The average molecular weight is 338 g/mol. The third kappa shape index (κ3) is 4.72. The fourth-order valence-electron chi connectivity index (χ4n) is 3.29. The fourth-order valence-corrected chi connectivity index (χ4v) is 3.29. The lowest BCUT2D eigenvalue weighted by molar-refractivity contribution is 0.397. The Bertz CT molecular complexity index is 685. The highest BCUT2D eigenvalue weighted by molar-refractivity contribution is 5.80. The highest BCUT2D eigenvalue weighted by atomic mass is 16.5. The zero-order chi connectivity index (χ0) is 17.5.